The zero-order valence-corrected chi connectivity index (χ0v) is 14.0. The van der Waals surface area contributed by atoms with Crippen molar-refractivity contribution in [2.45, 2.75) is 32.3 Å². The van der Waals surface area contributed by atoms with Crippen LogP contribution < -0.4 is 4.74 Å². The van der Waals surface area contributed by atoms with Gasteiger partial charge in [-0.2, -0.15) is 0 Å². The summed E-state index contributed by atoms with van der Waals surface area (Å²) in [4.78, 5) is 14.5. The van der Waals surface area contributed by atoms with Gasteiger partial charge in [-0.05, 0) is 50.5 Å². The van der Waals surface area contributed by atoms with E-state index < -0.39 is 6.10 Å². The second-order valence-electron chi connectivity index (χ2n) is 6.03. The summed E-state index contributed by atoms with van der Waals surface area (Å²) in [5.74, 6) is 0.668. The predicted molar refractivity (Wildman–Crippen MR) is 88.9 cm³/mol. The predicted octanol–water partition coefficient (Wildman–Crippen LogP) is 3.03. The van der Waals surface area contributed by atoms with E-state index in [4.69, 9.17) is 9.26 Å². The fraction of sp³-hybridized carbons (Fsp3) is 0.444. The molecule has 6 heteroatoms. The van der Waals surface area contributed by atoms with E-state index in [2.05, 4.69) is 5.16 Å². The van der Waals surface area contributed by atoms with Crippen LogP contribution in [-0.4, -0.2) is 41.3 Å². The molecule has 1 amide bonds. The third kappa shape index (κ3) is 3.14. The van der Waals surface area contributed by atoms with Gasteiger partial charge in [0.2, 0.25) is 5.76 Å². The molecule has 0 bridgehead atoms. The van der Waals surface area contributed by atoms with Crippen LogP contribution in [0, 0.1) is 0 Å². The molecule has 24 heavy (non-hydrogen) atoms. The molecule has 3 rings (SSSR count). The number of likely N-dealkylation sites (tertiary alicyclic amines) is 1. The van der Waals surface area contributed by atoms with Crippen LogP contribution in [-0.2, 0) is 0 Å². The Kier molecular flexibility index (Phi) is 4.85. The Bertz CT molecular complexity index is 700. The maximum atomic E-state index is 12.7. The minimum Gasteiger partial charge on any atom is -0.497 e. The van der Waals surface area contributed by atoms with Gasteiger partial charge >= 0.3 is 0 Å². The molecule has 1 aromatic heterocycles. The van der Waals surface area contributed by atoms with Crippen molar-refractivity contribution in [1.29, 1.82) is 0 Å². The molecule has 0 aliphatic carbocycles. The van der Waals surface area contributed by atoms with Crippen LogP contribution in [0.15, 0.2) is 28.8 Å². The number of aliphatic hydroxyl groups is 1. The fourth-order valence-corrected chi connectivity index (χ4v) is 3.04. The summed E-state index contributed by atoms with van der Waals surface area (Å²) in [5.41, 5.74) is 1.71. The van der Waals surface area contributed by atoms with Crippen LogP contribution in [0.1, 0.15) is 48.4 Å². The van der Waals surface area contributed by atoms with Gasteiger partial charge in [0.1, 0.15) is 11.4 Å². The second kappa shape index (κ2) is 7.05. The first-order chi connectivity index (χ1) is 11.6. The Morgan fingerprint density at radius 3 is 2.50 bits per heavy atom. The Balaban J connectivity index is 1.96. The van der Waals surface area contributed by atoms with E-state index in [0.717, 1.165) is 43.7 Å². The van der Waals surface area contributed by atoms with Crippen molar-refractivity contribution in [2.24, 2.45) is 0 Å². The largest absolute Gasteiger partial charge is 0.497 e. The molecule has 6 nitrogen and oxygen atoms in total. The monoisotopic (exact) mass is 330 g/mol. The molecular weight excluding hydrogens is 308 g/mol. The minimum atomic E-state index is -0.850. The lowest BCUT2D eigenvalue weighted by molar-refractivity contribution is 0.0674. The Morgan fingerprint density at radius 2 is 1.92 bits per heavy atom. The lowest BCUT2D eigenvalue weighted by Gasteiger charge is -2.26. The van der Waals surface area contributed by atoms with Crippen LogP contribution in [0.3, 0.4) is 0 Å². The highest BCUT2D eigenvalue weighted by atomic mass is 16.5. The molecular formula is C18H22N2O4. The van der Waals surface area contributed by atoms with Crippen LogP contribution >= 0.6 is 0 Å². The zero-order chi connectivity index (χ0) is 17.1. The molecule has 1 atom stereocenters. The summed E-state index contributed by atoms with van der Waals surface area (Å²) in [6, 6.07) is 7.28. The molecule has 1 aromatic carbocycles. The quantitative estimate of drug-likeness (QED) is 0.932. The van der Waals surface area contributed by atoms with Crippen LogP contribution in [0.2, 0.25) is 0 Å². The lowest BCUT2D eigenvalue weighted by Crippen LogP contribution is -2.36. The standard InChI is InChI=1S/C18H22N2O4/c1-12(21)15-16(13-6-8-14(23-2)9-7-13)19-24-17(15)18(22)20-10-4-3-5-11-20/h6-9,12,21H,3-5,10-11H2,1-2H3/t12-/m0/s1. The van der Waals surface area contributed by atoms with Gasteiger partial charge in [0.15, 0.2) is 0 Å². The van der Waals surface area contributed by atoms with Gasteiger partial charge in [-0.25, -0.2) is 0 Å². The number of piperidine rings is 1. The molecule has 1 fully saturated rings. The highest BCUT2D eigenvalue weighted by Crippen LogP contribution is 2.32. The van der Waals surface area contributed by atoms with Crippen molar-refractivity contribution in [3.63, 3.8) is 0 Å². The maximum absolute atomic E-state index is 12.7. The molecule has 128 valence electrons. The van der Waals surface area contributed by atoms with E-state index in [1.807, 2.05) is 24.3 Å². The van der Waals surface area contributed by atoms with Gasteiger partial charge in [0.05, 0.1) is 18.8 Å². The summed E-state index contributed by atoms with van der Waals surface area (Å²) in [6.45, 7) is 3.06. The summed E-state index contributed by atoms with van der Waals surface area (Å²) in [6.07, 6.45) is 2.28. The van der Waals surface area contributed by atoms with E-state index >= 15 is 0 Å². The van der Waals surface area contributed by atoms with Crippen molar-refractivity contribution < 1.29 is 19.2 Å². The van der Waals surface area contributed by atoms with E-state index in [9.17, 15) is 9.90 Å². The van der Waals surface area contributed by atoms with Gasteiger partial charge in [-0.1, -0.05) is 5.16 Å². The smallest absolute Gasteiger partial charge is 0.292 e. The third-order valence-corrected chi connectivity index (χ3v) is 4.35. The number of aromatic nitrogens is 1. The number of hydrogen-bond acceptors (Lipinski definition) is 5. The van der Waals surface area contributed by atoms with E-state index in [1.165, 1.54) is 0 Å². The first kappa shape index (κ1) is 16.5. The number of methoxy groups -OCH3 is 1. The van der Waals surface area contributed by atoms with Gasteiger partial charge < -0.3 is 19.3 Å². The Morgan fingerprint density at radius 1 is 1.25 bits per heavy atom. The van der Waals surface area contributed by atoms with Gasteiger partial charge in [0.25, 0.3) is 5.91 Å². The van der Waals surface area contributed by atoms with Crippen molar-refractivity contribution in [3.8, 4) is 17.0 Å². The maximum Gasteiger partial charge on any atom is 0.292 e. The number of carbonyl (C=O) groups is 1. The zero-order valence-electron chi connectivity index (χ0n) is 14.0. The molecule has 2 aromatic rings. The highest BCUT2D eigenvalue weighted by molar-refractivity contribution is 5.94. The topological polar surface area (TPSA) is 75.8 Å². The number of hydrogen-bond donors (Lipinski definition) is 1. The van der Waals surface area contributed by atoms with Gasteiger partial charge in [0, 0.05) is 18.7 Å². The molecule has 1 aliphatic rings. The number of ether oxygens (including phenoxy) is 1. The van der Waals surface area contributed by atoms with Crippen LogP contribution in [0.25, 0.3) is 11.3 Å². The minimum absolute atomic E-state index is 0.137. The number of aliphatic hydroxyl groups excluding tert-OH is 1. The molecule has 1 saturated heterocycles. The van der Waals surface area contributed by atoms with E-state index in [-0.39, 0.29) is 11.7 Å². The first-order valence-electron chi connectivity index (χ1n) is 8.23. The summed E-state index contributed by atoms with van der Waals surface area (Å²) in [7, 11) is 1.60. The van der Waals surface area contributed by atoms with Crippen molar-refractivity contribution >= 4 is 5.91 Å². The molecule has 0 saturated carbocycles. The Hall–Kier alpha value is -2.34. The number of amides is 1. The average Bonchev–Trinajstić information content (AvgIpc) is 3.07. The molecule has 0 unspecified atom stereocenters. The van der Waals surface area contributed by atoms with Crippen molar-refractivity contribution in [2.75, 3.05) is 20.2 Å². The Labute approximate surface area is 141 Å². The van der Waals surface area contributed by atoms with Crippen molar-refractivity contribution in [3.05, 3.63) is 35.6 Å². The van der Waals surface area contributed by atoms with E-state index in [0.29, 0.717) is 11.3 Å². The van der Waals surface area contributed by atoms with Gasteiger partial charge in [-0.3, -0.25) is 4.79 Å². The summed E-state index contributed by atoms with van der Waals surface area (Å²) >= 11 is 0. The molecule has 1 N–H and O–H groups in total. The normalized spacial score (nSPS) is 16.0. The van der Waals surface area contributed by atoms with Crippen molar-refractivity contribution in [1.82, 2.24) is 10.1 Å². The summed E-state index contributed by atoms with van der Waals surface area (Å²) in [5, 5.41) is 14.2. The number of rotatable bonds is 4. The molecule has 1 aliphatic heterocycles. The van der Waals surface area contributed by atoms with E-state index in [1.54, 1.807) is 18.9 Å². The van der Waals surface area contributed by atoms with Crippen LogP contribution in [0.4, 0.5) is 0 Å². The third-order valence-electron chi connectivity index (χ3n) is 4.35. The van der Waals surface area contributed by atoms with Crippen LogP contribution in [0.5, 0.6) is 5.75 Å². The highest BCUT2D eigenvalue weighted by Gasteiger charge is 2.30. The lowest BCUT2D eigenvalue weighted by atomic mass is 10.0. The average molecular weight is 330 g/mol. The number of benzene rings is 1. The molecule has 2 heterocycles. The first-order valence-corrected chi connectivity index (χ1v) is 8.23. The fourth-order valence-electron chi connectivity index (χ4n) is 3.04. The SMILES string of the molecule is COc1ccc(-c2noc(C(=O)N3CCCCC3)c2[C@H](C)O)cc1. The second-order valence-corrected chi connectivity index (χ2v) is 6.03. The molecule has 0 radical (unpaired) electrons. The van der Waals surface area contributed by atoms with Gasteiger partial charge in [-0.15, -0.1) is 0 Å². The summed E-state index contributed by atoms with van der Waals surface area (Å²) < 4.78 is 10.5. The number of nitrogens with zero attached hydrogens (tertiary/aromatic N) is 2. The molecule has 0 spiro atoms. The number of carbonyl (C=O) groups excluding carboxylic acids is 1.